The summed E-state index contributed by atoms with van der Waals surface area (Å²) < 4.78 is 4.08. The van der Waals surface area contributed by atoms with E-state index in [1.165, 1.54) is 0 Å². The average molecular weight is 341 g/mol. The fourth-order valence-electron chi connectivity index (χ4n) is 2.47. The first kappa shape index (κ1) is 15.3. The van der Waals surface area contributed by atoms with Crippen molar-refractivity contribution in [2.45, 2.75) is 32.8 Å². The second-order valence-corrected chi connectivity index (χ2v) is 6.38. The molecule has 0 aliphatic rings. The van der Waals surface area contributed by atoms with Gasteiger partial charge in [0.1, 0.15) is 0 Å². The molecule has 5 heteroatoms. The summed E-state index contributed by atoms with van der Waals surface area (Å²) in [6, 6.07) is 3.82. The van der Waals surface area contributed by atoms with Crippen molar-refractivity contribution >= 4 is 27.0 Å². The Hall–Kier alpha value is -1.07. The lowest BCUT2D eigenvalue weighted by atomic mass is 9.96. The first-order valence-corrected chi connectivity index (χ1v) is 7.69. The quantitative estimate of drug-likeness (QED) is 0.929. The van der Waals surface area contributed by atoms with Crippen molar-refractivity contribution in [1.82, 2.24) is 9.13 Å². The molecule has 0 bridgehead atoms. The van der Waals surface area contributed by atoms with Gasteiger partial charge in [-0.1, -0.05) is 36.2 Å². The van der Waals surface area contributed by atoms with Gasteiger partial charge in [-0.05, 0) is 30.0 Å². The fraction of sp³-hybridized carbons (Fsp3) is 0.533. The summed E-state index contributed by atoms with van der Waals surface area (Å²) in [5.41, 5.74) is 2.50. The molecule has 0 aliphatic carbocycles. The van der Waals surface area contributed by atoms with Gasteiger partial charge in [-0.25, -0.2) is 4.79 Å². The van der Waals surface area contributed by atoms with Gasteiger partial charge in [-0.15, -0.1) is 0 Å². The Morgan fingerprint density at radius 3 is 2.35 bits per heavy atom. The summed E-state index contributed by atoms with van der Waals surface area (Å²) >= 11 is 3.51. The Morgan fingerprint density at radius 1 is 1.25 bits per heavy atom. The van der Waals surface area contributed by atoms with Crippen molar-refractivity contribution in [3.8, 4) is 0 Å². The summed E-state index contributed by atoms with van der Waals surface area (Å²) in [5, 5.41) is 10.4. The lowest BCUT2D eigenvalue weighted by Crippen LogP contribution is -2.19. The Balaban J connectivity index is 2.53. The highest BCUT2D eigenvalue weighted by molar-refractivity contribution is 9.10. The van der Waals surface area contributed by atoms with E-state index in [0.29, 0.717) is 5.92 Å². The van der Waals surface area contributed by atoms with E-state index in [1.54, 1.807) is 23.2 Å². The monoisotopic (exact) mass is 340 g/mol. The van der Waals surface area contributed by atoms with Crippen LogP contribution < -0.4 is 5.69 Å². The van der Waals surface area contributed by atoms with Crippen molar-refractivity contribution in [2.24, 2.45) is 20.0 Å². The average Bonchev–Trinajstić information content (AvgIpc) is 2.62. The molecule has 0 aliphatic heterocycles. The molecule has 0 radical (unpaired) electrons. The number of rotatable bonds is 4. The molecule has 1 aromatic carbocycles. The van der Waals surface area contributed by atoms with Crippen LogP contribution in [-0.4, -0.2) is 14.2 Å². The van der Waals surface area contributed by atoms with E-state index in [0.717, 1.165) is 33.9 Å². The molecule has 0 saturated carbocycles. The second-order valence-electron chi connectivity index (χ2n) is 5.53. The summed E-state index contributed by atoms with van der Waals surface area (Å²) in [6.45, 7) is 4.25. The van der Waals surface area contributed by atoms with Gasteiger partial charge in [0, 0.05) is 18.6 Å². The summed E-state index contributed by atoms with van der Waals surface area (Å²) in [5.74, 6) is 0.465. The summed E-state index contributed by atoms with van der Waals surface area (Å²) in [4.78, 5) is 12.0. The standard InChI is InChI=1S/C15H21BrN2O2/c1-5-9(2)6-14(19)10-7-12-13(8-11(10)16)18(4)15(20)17(12)3/h7-9,14,19H,5-6H2,1-4H3. The van der Waals surface area contributed by atoms with E-state index >= 15 is 0 Å². The smallest absolute Gasteiger partial charge is 0.328 e. The maximum absolute atomic E-state index is 12.0. The highest BCUT2D eigenvalue weighted by Crippen LogP contribution is 2.32. The van der Waals surface area contributed by atoms with Gasteiger partial charge in [0.15, 0.2) is 0 Å². The van der Waals surface area contributed by atoms with Crippen molar-refractivity contribution in [3.05, 3.63) is 32.7 Å². The molecule has 2 rings (SSSR count). The number of hydrogen-bond acceptors (Lipinski definition) is 2. The van der Waals surface area contributed by atoms with Crippen LogP contribution in [0.15, 0.2) is 21.4 Å². The third kappa shape index (κ3) is 2.56. The van der Waals surface area contributed by atoms with Gasteiger partial charge in [-0.2, -0.15) is 0 Å². The van der Waals surface area contributed by atoms with Crippen LogP contribution in [0.1, 0.15) is 38.4 Å². The largest absolute Gasteiger partial charge is 0.388 e. The van der Waals surface area contributed by atoms with Gasteiger partial charge >= 0.3 is 5.69 Å². The minimum Gasteiger partial charge on any atom is -0.388 e. The molecule has 2 aromatic rings. The van der Waals surface area contributed by atoms with E-state index in [-0.39, 0.29) is 5.69 Å². The molecule has 4 nitrogen and oxygen atoms in total. The van der Waals surface area contributed by atoms with Gasteiger partial charge < -0.3 is 5.11 Å². The number of hydrogen-bond donors (Lipinski definition) is 1. The van der Waals surface area contributed by atoms with Crippen LogP contribution in [0.4, 0.5) is 0 Å². The van der Waals surface area contributed by atoms with Crippen LogP contribution in [0, 0.1) is 5.92 Å². The number of halogens is 1. The SMILES string of the molecule is CCC(C)CC(O)c1cc2c(cc1Br)n(C)c(=O)n2C. The third-order valence-corrected chi connectivity index (χ3v) is 4.76. The molecule has 2 atom stereocenters. The van der Waals surface area contributed by atoms with Crippen molar-refractivity contribution in [1.29, 1.82) is 0 Å². The molecule has 1 aromatic heterocycles. The molecule has 2 unspecified atom stereocenters. The molecular formula is C15H21BrN2O2. The molecule has 20 heavy (non-hydrogen) atoms. The predicted octanol–water partition coefficient (Wildman–Crippen LogP) is 3.11. The molecule has 1 heterocycles. The first-order chi connectivity index (χ1) is 9.36. The van der Waals surface area contributed by atoms with Crippen LogP contribution in [0.3, 0.4) is 0 Å². The predicted molar refractivity (Wildman–Crippen MR) is 84.9 cm³/mol. The van der Waals surface area contributed by atoms with Crippen molar-refractivity contribution < 1.29 is 5.11 Å². The maximum Gasteiger partial charge on any atom is 0.328 e. The number of aromatic nitrogens is 2. The third-order valence-electron chi connectivity index (χ3n) is 4.07. The number of nitrogens with zero attached hydrogens (tertiary/aromatic N) is 2. The molecule has 0 amide bonds. The zero-order valence-corrected chi connectivity index (χ0v) is 13.9. The number of imidazole rings is 1. The van der Waals surface area contributed by atoms with E-state index in [2.05, 4.69) is 29.8 Å². The van der Waals surface area contributed by atoms with Gasteiger partial charge in [0.05, 0.1) is 17.1 Å². The van der Waals surface area contributed by atoms with Crippen molar-refractivity contribution in [2.75, 3.05) is 0 Å². The highest BCUT2D eigenvalue weighted by Gasteiger charge is 2.18. The van der Waals surface area contributed by atoms with Crippen LogP contribution >= 0.6 is 15.9 Å². The number of aliphatic hydroxyl groups is 1. The van der Waals surface area contributed by atoms with E-state index in [9.17, 15) is 9.90 Å². The molecule has 0 spiro atoms. The molecular weight excluding hydrogens is 320 g/mol. The zero-order chi connectivity index (χ0) is 15.0. The Morgan fingerprint density at radius 2 is 1.80 bits per heavy atom. The minimum atomic E-state index is -0.515. The molecule has 110 valence electrons. The van der Waals surface area contributed by atoms with Gasteiger partial charge in [0.25, 0.3) is 0 Å². The lowest BCUT2D eigenvalue weighted by Gasteiger charge is -2.17. The topological polar surface area (TPSA) is 47.2 Å². The van der Waals surface area contributed by atoms with Crippen LogP contribution in [0.2, 0.25) is 0 Å². The first-order valence-electron chi connectivity index (χ1n) is 6.89. The maximum atomic E-state index is 12.0. The second kappa shape index (κ2) is 5.74. The Labute approximate surface area is 127 Å². The number of aliphatic hydroxyl groups excluding tert-OH is 1. The molecule has 0 saturated heterocycles. The van der Waals surface area contributed by atoms with Gasteiger partial charge in [0.2, 0.25) is 0 Å². The Bertz CT molecular complexity index is 687. The number of benzene rings is 1. The van der Waals surface area contributed by atoms with Gasteiger partial charge in [-0.3, -0.25) is 9.13 Å². The molecule has 1 N–H and O–H groups in total. The van der Waals surface area contributed by atoms with Crippen LogP contribution in [0.25, 0.3) is 11.0 Å². The zero-order valence-electron chi connectivity index (χ0n) is 12.4. The van der Waals surface area contributed by atoms with Crippen molar-refractivity contribution in [3.63, 3.8) is 0 Å². The highest BCUT2D eigenvalue weighted by atomic mass is 79.9. The van der Waals surface area contributed by atoms with Crippen LogP contribution in [0.5, 0.6) is 0 Å². The van der Waals surface area contributed by atoms with E-state index < -0.39 is 6.10 Å². The lowest BCUT2D eigenvalue weighted by molar-refractivity contribution is 0.146. The minimum absolute atomic E-state index is 0.0551. The summed E-state index contributed by atoms with van der Waals surface area (Å²) in [6.07, 6.45) is 1.25. The Kier molecular flexibility index (Phi) is 4.39. The number of fused-ring (bicyclic) bond motifs is 1. The van der Waals surface area contributed by atoms with Crippen LogP contribution in [-0.2, 0) is 14.1 Å². The summed E-state index contributed by atoms with van der Waals surface area (Å²) in [7, 11) is 3.51. The number of aryl methyl sites for hydroxylation is 2. The normalized spacial score (nSPS) is 14.7. The fourth-order valence-corrected chi connectivity index (χ4v) is 3.06. The van der Waals surface area contributed by atoms with E-state index in [1.807, 2.05) is 12.1 Å². The van der Waals surface area contributed by atoms with E-state index in [4.69, 9.17) is 0 Å². The molecule has 0 fully saturated rings.